The first kappa shape index (κ1) is 25.1. The SMILES string of the molecule is COc1ccc(S(=O)(=O)N2CCN(C3CCCCCCC3)CC2)cc1.O=C(O)C(=O)O. The van der Waals surface area contributed by atoms with Crippen molar-refractivity contribution < 1.29 is 33.0 Å². The molecule has 1 aliphatic carbocycles. The van der Waals surface area contributed by atoms with Gasteiger partial charge < -0.3 is 14.9 Å². The number of benzene rings is 1. The van der Waals surface area contributed by atoms with Crippen molar-refractivity contribution in [3.8, 4) is 5.75 Å². The lowest BCUT2D eigenvalue weighted by Gasteiger charge is -2.39. The highest BCUT2D eigenvalue weighted by atomic mass is 32.2. The highest BCUT2D eigenvalue weighted by molar-refractivity contribution is 7.89. The molecule has 0 radical (unpaired) electrons. The minimum atomic E-state index is -3.40. The molecule has 10 heteroatoms. The van der Waals surface area contributed by atoms with Gasteiger partial charge in [0.05, 0.1) is 12.0 Å². The number of hydrogen-bond acceptors (Lipinski definition) is 6. The zero-order valence-electron chi connectivity index (χ0n) is 17.9. The lowest BCUT2D eigenvalue weighted by atomic mass is 9.95. The van der Waals surface area contributed by atoms with Crippen molar-refractivity contribution in [3.05, 3.63) is 24.3 Å². The Morgan fingerprint density at radius 2 is 1.35 bits per heavy atom. The van der Waals surface area contributed by atoms with Crippen LogP contribution >= 0.6 is 0 Å². The summed E-state index contributed by atoms with van der Waals surface area (Å²) in [6.07, 6.45) is 9.24. The summed E-state index contributed by atoms with van der Waals surface area (Å²) in [5.74, 6) is -2.97. The van der Waals surface area contributed by atoms with Crippen LogP contribution in [0.4, 0.5) is 0 Å². The molecule has 1 heterocycles. The van der Waals surface area contributed by atoms with Crippen LogP contribution < -0.4 is 4.74 Å². The molecule has 1 aliphatic heterocycles. The molecular formula is C21H32N2O7S. The van der Waals surface area contributed by atoms with Gasteiger partial charge in [0.25, 0.3) is 0 Å². The number of methoxy groups -OCH3 is 1. The van der Waals surface area contributed by atoms with Crippen LogP contribution in [-0.4, -0.2) is 79.1 Å². The van der Waals surface area contributed by atoms with Gasteiger partial charge in [0.2, 0.25) is 10.0 Å². The smallest absolute Gasteiger partial charge is 0.414 e. The Hall–Kier alpha value is -2.17. The molecule has 2 aliphatic rings. The van der Waals surface area contributed by atoms with E-state index in [2.05, 4.69) is 4.90 Å². The Balaban J connectivity index is 0.000000501. The molecule has 3 rings (SSSR count). The predicted molar refractivity (Wildman–Crippen MR) is 115 cm³/mol. The Labute approximate surface area is 183 Å². The van der Waals surface area contributed by atoms with Gasteiger partial charge in [0, 0.05) is 32.2 Å². The minimum absolute atomic E-state index is 0.354. The van der Waals surface area contributed by atoms with Crippen molar-refractivity contribution >= 4 is 22.0 Å². The van der Waals surface area contributed by atoms with Gasteiger partial charge in [-0.1, -0.05) is 32.1 Å². The summed E-state index contributed by atoms with van der Waals surface area (Å²) < 4.78 is 32.4. The Kier molecular flexibility index (Phi) is 9.73. The third-order valence-electron chi connectivity index (χ3n) is 5.74. The number of nitrogens with zero attached hydrogens (tertiary/aromatic N) is 2. The minimum Gasteiger partial charge on any atom is -0.497 e. The summed E-state index contributed by atoms with van der Waals surface area (Å²) in [5, 5.41) is 14.8. The summed E-state index contributed by atoms with van der Waals surface area (Å²) in [5.41, 5.74) is 0. The lowest BCUT2D eigenvalue weighted by Crippen LogP contribution is -2.51. The van der Waals surface area contributed by atoms with Crippen molar-refractivity contribution in [3.63, 3.8) is 0 Å². The molecule has 0 spiro atoms. The van der Waals surface area contributed by atoms with Crippen LogP contribution in [0.25, 0.3) is 0 Å². The predicted octanol–water partition coefficient (Wildman–Crippen LogP) is 2.27. The molecule has 0 atom stereocenters. The number of rotatable bonds is 4. The monoisotopic (exact) mass is 456 g/mol. The van der Waals surface area contributed by atoms with Gasteiger partial charge in [0.15, 0.2) is 0 Å². The van der Waals surface area contributed by atoms with Crippen molar-refractivity contribution in [2.45, 2.75) is 55.9 Å². The van der Waals surface area contributed by atoms with Crippen LogP contribution in [0.2, 0.25) is 0 Å². The standard InChI is InChI=1S/C19H30N2O3S.C2H2O4/c1-24-18-9-11-19(12-10-18)25(22,23)21-15-13-20(14-16-21)17-7-5-3-2-4-6-8-17;3-1(4)2(5)6/h9-12,17H,2-8,13-16H2,1H3;(H,3,4)(H,5,6). The van der Waals surface area contributed by atoms with E-state index >= 15 is 0 Å². The number of carboxylic acid groups (broad SMARTS) is 2. The van der Waals surface area contributed by atoms with E-state index in [0.717, 1.165) is 13.1 Å². The van der Waals surface area contributed by atoms with Gasteiger partial charge in [-0.2, -0.15) is 4.31 Å². The van der Waals surface area contributed by atoms with E-state index in [9.17, 15) is 8.42 Å². The van der Waals surface area contributed by atoms with Crippen molar-refractivity contribution in [1.29, 1.82) is 0 Å². The van der Waals surface area contributed by atoms with E-state index in [1.54, 1.807) is 35.7 Å². The molecule has 0 aromatic heterocycles. The van der Waals surface area contributed by atoms with Crippen molar-refractivity contribution in [2.24, 2.45) is 0 Å². The molecule has 2 N–H and O–H groups in total. The highest BCUT2D eigenvalue weighted by Gasteiger charge is 2.31. The maximum atomic E-state index is 12.8. The molecule has 0 unspecified atom stereocenters. The molecule has 174 valence electrons. The normalized spacial score (nSPS) is 19.4. The largest absolute Gasteiger partial charge is 0.497 e. The average Bonchev–Trinajstić information content (AvgIpc) is 2.74. The fraction of sp³-hybridized carbons (Fsp3) is 0.619. The molecule has 1 aromatic rings. The number of piperazine rings is 1. The van der Waals surface area contributed by atoms with Gasteiger partial charge >= 0.3 is 11.9 Å². The number of sulfonamides is 1. The Bertz CT molecular complexity index is 799. The summed E-state index contributed by atoms with van der Waals surface area (Å²) in [7, 11) is -1.82. The van der Waals surface area contributed by atoms with Crippen LogP contribution in [-0.2, 0) is 19.6 Å². The first-order chi connectivity index (χ1) is 14.8. The second-order valence-corrected chi connectivity index (χ2v) is 9.66. The maximum absolute atomic E-state index is 12.8. The van der Waals surface area contributed by atoms with Crippen LogP contribution in [0.3, 0.4) is 0 Å². The number of carbonyl (C=O) groups is 2. The van der Waals surface area contributed by atoms with Crippen LogP contribution in [0.5, 0.6) is 5.75 Å². The summed E-state index contributed by atoms with van der Waals surface area (Å²) in [6, 6.07) is 7.33. The third-order valence-corrected chi connectivity index (χ3v) is 7.66. The first-order valence-corrected chi connectivity index (χ1v) is 12.0. The zero-order valence-corrected chi connectivity index (χ0v) is 18.7. The van der Waals surface area contributed by atoms with E-state index in [4.69, 9.17) is 24.5 Å². The highest BCUT2D eigenvalue weighted by Crippen LogP contribution is 2.25. The topological polar surface area (TPSA) is 124 Å². The van der Waals surface area contributed by atoms with E-state index in [-0.39, 0.29) is 0 Å². The number of hydrogen-bond donors (Lipinski definition) is 2. The van der Waals surface area contributed by atoms with Crippen LogP contribution in [0.1, 0.15) is 44.9 Å². The molecule has 1 saturated heterocycles. The van der Waals surface area contributed by atoms with Crippen molar-refractivity contribution in [2.75, 3.05) is 33.3 Å². The molecule has 0 amide bonds. The van der Waals surface area contributed by atoms with E-state index in [0.29, 0.717) is 29.8 Å². The van der Waals surface area contributed by atoms with Gasteiger partial charge in [-0.05, 0) is 37.1 Å². The van der Waals surface area contributed by atoms with Gasteiger partial charge in [-0.3, -0.25) is 4.90 Å². The quantitative estimate of drug-likeness (QED) is 0.661. The van der Waals surface area contributed by atoms with Crippen LogP contribution in [0.15, 0.2) is 29.2 Å². The van der Waals surface area contributed by atoms with Gasteiger partial charge in [0.1, 0.15) is 5.75 Å². The van der Waals surface area contributed by atoms with E-state index in [1.807, 2.05) is 0 Å². The van der Waals surface area contributed by atoms with Gasteiger partial charge in [-0.15, -0.1) is 0 Å². The molecule has 1 saturated carbocycles. The number of ether oxygens (including phenoxy) is 1. The third kappa shape index (κ3) is 7.48. The second-order valence-electron chi connectivity index (χ2n) is 7.72. The number of aliphatic carboxylic acids is 2. The molecule has 31 heavy (non-hydrogen) atoms. The Morgan fingerprint density at radius 1 is 0.871 bits per heavy atom. The second kappa shape index (κ2) is 12.0. The average molecular weight is 457 g/mol. The lowest BCUT2D eigenvalue weighted by molar-refractivity contribution is -0.159. The molecular weight excluding hydrogens is 424 g/mol. The van der Waals surface area contributed by atoms with Crippen LogP contribution in [0, 0.1) is 0 Å². The maximum Gasteiger partial charge on any atom is 0.414 e. The van der Waals surface area contributed by atoms with Crippen molar-refractivity contribution in [1.82, 2.24) is 9.21 Å². The molecule has 9 nitrogen and oxygen atoms in total. The summed E-state index contributed by atoms with van der Waals surface area (Å²) in [6.45, 7) is 2.87. The molecule has 1 aromatic carbocycles. The van der Waals surface area contributed by atoms with E-state index < -0.39 is 22.0 Å². The summed E-state index contributed by atoms with van der Waals surface area (Å²) in [4.78, 5) is 21.1. The Morgan fingerprint density at radius 3 is 1.81 bits per heavy atom. The molecule has 0 bridgehead atoms. The van der Waals surface area contributed by atoms with Gasteiger partial charge in [-0.25, -0.2) is 18.0 Å². The summed E-state index contributed by atoms with van der Waals surface area (Å²) >= 11 is 0. The van der Waals surface area contributed by atoms with E-state index in [1.165, 1.54) is 44.9 Å². The number of carboxylic acids is 2. The zero-order chi connectivity index (χ0) is 22.9. The molecule has 2 fully saturated rings. The fourth-order valence-electron chi connectivity index (χ4n) is 4.01. The first-order valence-electron chi connectivity index (χ1n) is 10.6. The fourth-order valence-corrected chi connectivity index (χ4v) is 5.43.